The number of hydrogen-bond donors (Lipinski definition) is 1. The molecule has 0 unspecified atom stereocenters. The van der Waals surface area contributed by atoms with Crippen molar-refractivity contribution in [3.8, 4) is 0 Å². The molecule has 100 valence electrons. The maximum Gasteiger partial charge on any atom is 0.0153 e. The van der Waals surface area contributed by atoms with E-state index in [0.717, 1.165) is 6.04 Å². The smallest absolute Gasteiger partial charge is 0.0153 e. The van der Waals surface area contributed by atoms with Crippen LogP contribution in [0.2, 0.25) is 0 Å². The van der Waals surface area contributed by atoms with Crippen molar-refractivity contribution in [3.05, 3.63) is 0 Å². The molecule has 1 saturated carbocycles. The van der Waals surface area contributed by atoms with Crippen LogP contribution < -0.4 is 5.32 Å². The molecule has 0 aromatic rings. The Morgan fingerprint density at radius 2 is 1.88 bits per heavy atom. The Labute approximate surface area is 107 Å². The molecule has 0 amide bonds. The van der Waals surface area contributed by atoms with Crippen LogP contribution in [0.15, 0.2) is 0 Å². The van der Waals surface area contributed by atoms with Crippen molar-refractivity contribution < 1.29 is 0 Å². The summed E-state index contributed by atoms with van der Waals surface area (Å²) in [5, 5.41) is 3.59. The summed E-state index contributed by atoms with van der Waals surface area (Å²) in [7, 11) is 0. The van der Waals surface area contributed by atoms with Crippen LogP contribution in [0.3, 0.4) is 0 Å². The highest BCUT2D eigenvalue weighted by molar-refractivity contribution is 4.87. The maximum atomic E-state index is 3.59. The van der Waals surface area contributed by atoms with Gasteiger partial charge in [0.05, 0.1) is 0 Å². The third-order valence-corrected chi connectivity index (χ3v) is 4.44. The molecule has 2 rings (SSSR count). The first-order chi connectivity index (χ1) is 8.18. The topological polar surface area (TPSA) is 15.3 Å². The van der Waals surface area contributed by atoms with Gasteiger partial charge in [-0.15, -0.1) is 0 Å². The van der Waals surface area contributed by atoms with Gasteiger partial charge in [-0.1, -0.05) is 12.8 Å². The van der Waals surface area contributed by atoms with E-state index in [1.165, 1.54) is 71.0 Å². The minimum atomic E-state index is 0.480. The first-order valence-electron chi connectivity index (χ1n) is 7.67. The van der Waals surface area contributed by atoms with Gasteiger partial charge in [0, 0.05) is 11.6 Å². The van der Waals surface area contributed by atoms with Gasteiger partial charge in [-0.2, -0.15) is 0 Å². The second-order valence-corrected chi connectivity index (χ2v) is 6.55. The first kappa shape index (κ1) is 13.4. The minimum absolute atomic E-state index is 0.480. The summed E-state index contributed by atoms with van der Waals surface area (Å²) in [6.07, 6.45) is 11.2. The van der Waals surface area contributed by atoms with E-state index in [2.05, 4.69) is 24.1 Å². The number of unbranched alkanes of at least 4 members (excludes halogenated alkanes) is 3. The average molecular weight is 238 g/mol. The Hall–Kier alpha value is -0.0800. The summed E-state index contributed by atoms with van der Waals surface area (Å²) in [5.41, 5.74) is 0.480. The van der Waals surface area contributed by atoms with Crippen molar-refractivity contribution in [1.82, 2.24) is 10.2 Å². The van der Waals surface area contributed by atoms with Gasteiger partial charge in [0.1, 0.15) is 0 Å². The fourth-order valence-corrected chi connectivity index (χ4v) is 2.95. The molecular formula is C15H30N2. The zero-order valence-corrected chi connectivity index (χ0v) is 11.8. The van der Waals surface area contributed by atoms with Gasteiger partial charge in [-0.25, -0.2) is 0 Å². The van der Waals surface area contributed by atoms with Crippen molar-refractivity contribution in [2.24, 2.45) is 0 Å². The molecular weight excluding hydrogens is 208 g/mol. The first-order valence-corrected chi connectivity index (χ1v) is 7.67. The molecule has 2 heteroatoms. The normalized spacial score (nSPS) is 24.4. The maximum absolute atomic E-state index is 3.59. The number of nitrogens with zero attached hydrogens (tertiary/aromatic N) is 1. The molecule has 2 aliphatic rings. The second kappa shape index (κ2) is 6.19. The fraction of sp³-hybridized carbons (Fsp3) is 1.00. The number of nitrogens with one attached hydrogen (secondary N) is 1. The lowest BCUT2D eigenvalue weighted by Gasteiger charge is -2.31. The molecule has 0 aromatic heterocycles. The van der Waals surface area contributed by atoms with Gasteiger partial charge in [0.25, 0.3) is 0 Å². The third-order valence-electron chi connectivity index (χ3n) is 4.44. The van der Waals surface area contributed by atoms with Crippen molar-refractivity contribution in [2.45, 2.75) is 76.8 Å². The molecule has 0 spiro atoms. The van der Waals surface area contributed by atoms with Crippen molar-refractivity contribution >= 4 is 0 Å². The predicted octanol–water partition coefficient (Wildman–Crippen LogP) is 3.17. The van der Waals surface area contributed by atoms with E-state index in [1.54, 1.807) is 0 Å². The van der Waals surface area contributed by atoms with Crippen LogP contribution in [-0.2, 0) is 0 Å². The highest BCUT2D eigenvalue weighted by atomic mass is 15.2. The van der Waals surface area contributed by atoms with Gasteiger partial charge < -0.3 is 5.32 Å². The molecule has 2 nitrogen and oxygen atoms in total. The molecule has 0 atom stereocenters. The Kier molecular flexibility index (Phi) is 4.87. The summed E-state index contributed by atoms with van der Waals surface area (Å²) >= 11 is 0. The van der Waals surface area contributed by atoms with Crippen molar-refractivity contribution in [2.75, 3.05) is 19.6 Å². The van der Waals surface area contributed by atoms with E-state index in [0.29, 0.717) is 5.54 Å². The zero-order valence-electron chi connectivity index (χ0n) is 11.8. The van der Waals surface area contributed by atoms with E-state index >= 15 is 0 Å². The summed E-state index contributed by atoms with van der Waals surface area (Å²) in [6.45, 7) is 8.71. The number of hydrogen-bond acceptors (Lipinski definition) is 2. The van der Waals surface area contributed by atoms with E-state index in [1.807, 2.05) is 0 Å². The minimum Gasteiger partial charge on any atom is -0.314 e. The summed E-state index contributed by atoms with van der Waals surface area (Å²) in [6, 6.07) is 0.889. The quantitative estimate of drug-likeness (QED) is 0.653. The van der Waals surface area contributed by atoms with Gasteiger partial charge in [-0.05, 0) is 72.0 Å². The molecule has 17 heavy (non-hydrogen) atoms. The molecule has 0 radical (unpaired) electrons. The summed E-state index contributed by atoms with van der Waals surface area (Å²) < 4.78 is 0. The molecule has 1 N–H and O–H groups in total. The zero-order chi connectivity index (χ0) is 12.1. The van der Waals surface area contributed by atoms with Gasteiger partial charge in [0.2, 0.25) is 0 Å². The fourth-order valence-electron chi connectivity index (χ4n) is 2.95. The molecule has 0 aromatic carbocycles. The van der Waals surface area contributed by atoms with Gasteiger partial charge >= 0.3 is 0 Å². The predicted molar refractivity (Wildman–Crippen MR) is 74.4 cm³/mol. The van der Waals surface area contributed by atoms with Crippen LogP contribution in [0.25, 0.3) is 0 Å². The summed E-state index contributed by atoms with van der Waals surface area (Å²) in [4.78, 5) is 2.69. The summed E-state index contributed by atoms with van der Waals surface area (Å²) in [5.74, 6) is 0. The lowest BCUT2D eigenvalue weighted by molar-refractivity contribution is 0.171. The van der Waals surface area contributed by atoms with Crippen LogP contribution >= 0.6 is 0 Å². The molecule has 1 aliphatic carbocycles. The Morgan fingerprint density at radius 1 is 1.12 bits per heavy atom. The standard InChI is InChI=1S/C15H30N2/c1-15(2)10-7-13-17(15)12-6-4-3-5-11-16-14-8-9-14/h14,16H,3-13H2,1-2H3. The average Bonchev–Trinajstić information content (AvgIpc) is 3.03. The van der Waals surface area contributed by atoms with Crippen LogP contribution in [0, 0.1) is 0 Å². The van der Waals surface area contributed by atoms with Gasteiger partial charge in [0.15, 0.2) is 0 Å². The monoisotopic (exact) mass is 238 g/mol. The number of likely N-dealkylation sites (tertiary alicyclic amines) is 1. The Morgan fingerprint density at radius 3 is 2.53 bits per heavy atom. The van der Waals surface area contributed by atoms with E-state index < -0.39 is 0 Å². The molecule has 1 aliphatic heterocycles. The lowest BCUT2D eigenvalue weighted by atomic mass is 10.0. The van der Waals surface area contributed by atoms with Crippen molar-refractivity contribution in [1.29, 1.82) is 0 Å². The van der Waals surface area contributed by atoms with Crippen LogP contribution in [0.4, 0.5) is 0 Å². The SMILES string of the molecule is CC1(C)CCCN1CCCCCCNC1CC1. The second-order valence-electron chi connectivity index (χ2n) is 6.55. The van der Waals surface area contributed by atoms with E-state index in [-0.39, 0.29) is 0 Å². The van der Waals surface area contributed by atoms with Crippen LogP contribution in [-0.4, -0.2) is 36.1 Å². The van der Waals surface area contributed by atoms with Crippen LogP contribution in [0.5, 0.6) is 0 Å². The molecule has 2 fully saturated rings. The largest absolute Gasteiger partial charge is 0.314 e. The molecule has 0 bridgehead atoms. The molecule has 1 heterocycles. The van der Waals surface area contributed by atoms with Crippen LogP contribution in [0.1, 0.15) is 65.2 Å². The van der Waals surface area contributed by atoms with Gasteiger partial charge in [-0.3, -0.25) is 4.90 Å². The Bertz CT molecular complexity index is 221. The van der Waals surface area contributed by atoms with E-state index in [4.69, 9.17) is 0 Å². The third kappa shape index (κ3) is 4.59. The Balaban J connectivity index is 1.42. The number of rotatable bonds is 8. The lowest BCUT2D eigenvalue weighted by Crippen LogP contribution is -2.38. The van der Waals surface area contributed by atoms with E-state index in [9.17, 15) is 0 Å². The highest BCUT2D eigenvalue weighted by Crippen LogP contribution is 2.28. The van der Waals surface area contributed by atoms with Crippen molar-refractivity contribution in [3.63, 3.8) is 0 Å². The highest BCUT2D eigenvalue weighted by Gasteiger charge is 2.30. The molecule has 1 saturated heterocycles.